The maximum atomic E-state index is 10.1. The number of nitrogens with zero attached hydrogens (tertiary/aromatic N) is 2. The highest BCUT2D eigenvalue weighted by molar-refractivity contribution is 9.13. The van der Waals surface area contributed by atoms with Crippen LogP contribution in [0.1, 0.15) is 31.9 Å². The molecule has 4 rings (SSSR count). The van der Waals surface area contributed by atoms with Gasteiger partial charge in [-0.3, -0.25) is 4.99 Å². The molecule has 0 saturated carbocycles. The van der Waals surface area contributed by atoms with Gasteiger partial charge in [-0.05, 0) is 79.2 Å². The van der Waals surface area contributed by atoms with E-state index in [4.69, 9.17) is 9.15 Å². The van der Waals surface area contributed by atoms with Gasteiger partial charge in [0.05, 0.1) is 17.3 Å². The smallest absolute Gasteiger partial charge is 0.227 e. The summed E-state index contributed by atoms with van der Waals surface area (Å²) in [5.74, 6) is 0.968. The van der Waals surface area contributed by atoms with Gasteiger partial charge in [-0.1, -0.05) is 32.9 Å². The van der Waals surface area contributed by atoms with Crippen molar-refractivity contribution in [3.8, 4) is 23.0 Å². The first-order valence-corrected chi connectivity index (χ1v) is 11.6. The number of oxazole rings is 1. The molecule has 0 radical (unpaired) electrons. The molecule has 0 fully saturated rings. The summed E-state index contributed by atoms with van der Waals surface area (Å²) >= 11 is 6.83. The van der Waals surface area contributed by atoms with Crippen LogP contribution < -0.4 is 4.74 Å². The van der Waals surface area contributed by atoms with E-state index in [-0.39, 0.29) is 11.2 Å². The molecule has 4 aromatic rings. The molecular formula is C25H22Br2N2O3. The van der Waals surface area contributed by atoms with Crippen molar-refractivity contribution in [1.82, 2.24) is 4.98 Å². The van der Waals surface area contributed by atoms with Gasteiger partial charge in [-0.15, -0.1) is 0 Å². The number of phenolic OH excluding ortho intramolecular Hbond substituents is 1. The lowest BCUT2D eigenvalue weighted by molar-refractivity contribution is 0.371. The molecule has 3 aromatic carbocycles. The molecule has 0 bridgehead atoms. The van der Waals surface area contributed by atoms with E-state index in [2.05, 4.69) is 74.7 Å². The van der Waals surface area contributed by atoms with Crippen LogP contribution >= 0.6 is 31.9 Å². The Morgan fingerprint density at radius 3 is 2.41 bits per heavy atom. The van der Waals surface area contributed by atoms with E-state index in [1.54, 1.807) is 12.3 Å². The Morgan fingerprint density at radius 2 is 1.75 bits per heavy atom. The van der Waals surface area contributed by atoms with Gasteiger partial charge in [0, 0.05) is 21.8 Å². The molecule has 7 heteroatoms. The first-order valence-electron chi connectivity index (χ1n) is 9.98. The van der Waals surface area contributed by atoms with Crippen LogP contribution in [0.25, 0.3) is 22.6 Å². The van der Waals surface area contributed by atoms with Crippen molar-refractivity contribution >= 4 is 54.9 Å². The topological polar surface area (TPSA) is 67.9 Å². The summed E-state index contributed by atoms with van der Waals surface area (Å²) in [5.41, 5.74) is 5.22. The van der Waals surface area contributed by atoms with Gasteiger partial charge in [-0.2, -0.15) is 0 Å². The van der Waals surface area contributed by atoms with Crippen LogP contribution in [0.4, 0.5) is 5.69 Å². The zero-order chi connectivity index (χ0) is 23.0. The average molecular weight is 558 g/mol. The molecule has 1 aromatic heterocycles. The number of benzene rings is 3. The molecule has 1 heterocycles. The third-order valence-electron chi connectivity index (χ3n) is 5.12. The molecule has 5 nitrogen and oxygen atoms in total. The molecule has 0 amide bonds. The number of fused-ring (bicyclic) bond motifs is 1. The summed E-state index contributed by atoms with van der Waals surface area (Å²) in [6.45, 7) is 6.57. The summed E-state index contributed by atoms with van der Waals surface area (Å²) in [6.07, 6.45) is 1.70. The Balaban J connectivity index is 1.63. The Labute approximate surface area is 203 Å². The number of aromatic nitrogens is 1. The predicted molar refractivity (Wildman–Crippen MR) is 135 cm³/mol. The van der Waals surface area contributed by atoms with Gasteiger partial charge >= 0.3 is 0 Å². The van der Waals surface area contributed by atoms with Crippen molar-refractivity contribution < 1.29 is 14.3 Å². The Bertz CT molecular complexity index is 1320. The monoisotopic (exact) mass is 556 g/mol. The van der Waals surface area contributed by atoms with Gasteiger partial charge in [-0.25, -0.2) is 4.98 Å². The van der Waals surface area contributed by atoms with Crippen LogP contribution in [0.5, 0.6) is 11.5 Å². The van der Waals surface area contributed by atoms with Gasteiger partial charge in [0.25, 0.3) is 0 Å². The molecule has 0 aliphatic rings. The number of hydrogen-bond donors (Lipinski definition) is 1. The largest absolute Gasteiger partial charge is 0.503 e. The van der Waals surface area contributed by atoms with Crippen LogP contribution in [0.3, 0.4) is 0 Å². The summed E-state index contributed by atoms with van der Waals surface area (Å²) < 4.78 is 12.4. The van der Waals surface area contributed by atoms with E-state index in [9.17, 15) is 5.11 Å². The van der Waals surface area contributed by atoms with E-state index in [0.717, 1.165) is 22.3 Å². The molecule has 32 heavy (non-hydrogen) atoms. The van der Waals surface area contributed by atoms with Crippen molar-refractivity contribution in [3.63, 3.8) is 0 Å². The number of phenols is 1. The SMILES string of the molecule is COc1cc(C=Nc2ccc3oc(-c4ccc(C(C)(C)C)cc4)nc3c2)c(Br)c(Br)c1O. The highest BCUT2D eigenvalue weighted by Crippen LogP contribution is 2.41. The molecular weight excluding hydrogens is 536 g/mol. The molecule has 0 aliphatic heterocycles. The summed E-state index contributed by atoms with van der Waals surface area (Å²) in [4.78, 5) is 9.21. The second-order valence-corrected chi connectivity index (χ2v) is 9.99. The third-order valence-corrected chi connectivity index (χ3v) is 7.27. The number of halogens is 2. The summed E-state index contributed by atoms with van der Waals surface area (Å²) in [6, 6.07) is 15.6. The maximum Gasteiger partial charge on any atom is 0.227 e. The Hall–Kier alpha value is -2.64. The van der Waals surface area contributed by atoms with Crippen LogP contribution in [-0.2, 0) is 5.41 Å². The second kappa shape index (κ2) is 8.71. The molecule has 0 unspecified atom stereocenters. The van der Waals surface area contributed by atoms with Crippen LogP contribution in [0.15, 0.2) is 66.9 Å². The molecule has 0 aliphatic carbocycles. The van der Waals surface area contributed by atoms with Gasteiger partial charge in [0.1, 0.15) is 5.52 Å². The minimum Gasteiger partial charge on any atom is -0.503 e. The third kappa shape index (κ3) is 4.45. The van der Waals surface area contributed by atoms with Crippen molar-refractivity contribution in [2.75, 3.05) is 7.11 Å². The quantitative estimate of drug-likeness (QED) is 0.260. The first-order chi connectivity index (χ1) is 15.2. The van der Waals surface area contributed by atoms with Crippen LogP contribution in [-0.4, -0.2) is 23.4 Å². The fourth-order valence-corrected chi connectivity index (χ4v) is 4.07. The molecule has 0 atom stereocenters. The van der Waals surface area contributed by atoms with Crippen molar-refractivity contribution in [2.24, 2.45) is 4.99 Å². The molecule has 1 N–H and O–H groups in total. The predicted octanol–water partition coefficient (Wildman–Crippen LogP) is 7.78. The van der Waals surface area contributed by atoms with Crippen molar-refractivity contribution in [3.05, 3.63) is 68.6 Å². The highest BCUT2D eigenvalue weighted by atomic mass is 79.9. The molecule has 0 spiro atoms. The Morgan fingerprint density at radius 1 is 1.03 bits per heavy atom. The van der Waals surface area contributed by atoms with Gasteiger partial charge in [0.15, 0.2) is 17.1 Å². The van der Waals surface area contributed by atoms with E-state index in [1.807, 2.05) is 30.3 Å². The highest BCUT2D eigenvalue weighted by Gasteiger charge is 2.16. The first kappa shape index (κ1) is 22.6. The lowest BCUT2D eigenvalue weighted by Gasteiger charge is -2.18. The van der Waals surface area contributed by atoms with E-state index in [1.165, 1.54) is 12.7 Å². The zero-order valence-electron chi connectivity index (χ0n) is 18.1. The number of aromatic hydroxyl groups is 1. The van der Waals surface area contributed by atoms with Gasteiger partial charge in [0.2, 0.25) is 5.89 Å². The number of aliphatic imine (C=N–C) groups is 1. The van der Waals surface area contributed by atoms with E-state index in [0.29, 0.717) is 26.2 Å². The van der Waals surface area contributed by atoms with Crippen LogP contribution in [0.2, 0.25) is 0 Å². The minimum absolute atomic E-state index is 0.0311. The minimum atomic E-state index is 0.0311. The number of methoxy groups -OCH3 is 1. The lowest BCUT2D eigenvalue weighted by atomic mass is 9.87. The second-order valence-electron chi connectivity index (χ2n) is 8.40. The normalized spacial score (nSPS) is 12.1. The number of rotatable bonds is 4. The van der Waals surface area contributed by atoms with Crippen molar-refractivity contribution in [2.45, 2.75) is 26.2 Å². The molecule has 164 valence electrons. The fourth-order valence-electron chi connectivity index (χ4n) is 3.24. The number of hydrogen-bond acceptors (Lipinski definition) is 5. The lowest BCUT2D eigenvalue weighted by Crippen LogP contribution is -2.10. The van der Waals surface area contributed by atoms with E-state index >= 15 is 0 Å². The van der Waals surface area contributed by atoms with Gasteiger partial charge < -0.3 is 14.3 Å². The van der Waals surface area contributed by atoms with Crippen molar-refractivity contribution in [1.29, 1.82) is 0 Å². The fraction of sp³-hybridized carbons (Fsp3) is 0.200. The number of ether oxygens (including phenoxy) is 1. The standard InChI is InChI=1S/C25H22Br2N2O3/c1-25(2,3)16-7-5-14(6-8-16)24-29-18-12-17(9-10-19(18)32-24)28-13-15-11-20(31-4)23(30)22(27)21(15)26/h5-13,30H,1-4H3. The Kier molecular flexibility index (Phi) is 6.14. The summed E-state index contributed by atoms with van der Waals surface area (Å²) in [7, 11) is 1.50. The average Bonchev–Trinajstić information content (AvgIpc) is 3.20. The van der Waals surface area contributed by atoms with Crippen LogP contribution in [0, 0.1) is 0 Å². The van der Waals surface area contributed by atoms with E-state index < -0.39 is 0 Å². The maximum absolute atomic E-state index is 10.1. The zero-order valence-corrected chi connectivity index (χ0v) is 21.3. The summed E-state index contributed by atoms with van der Waals surface area (Å²) in [5, 5.41) is 10.1. The molecule has 0 saturated heterocycles.